The molecule has 0 spiro atoms. The molecule has 0 radical (unpaired) electrons. The molecule has 1 fully saturated rings. The summed E-state index contributed by atoms with van der Waals surface area (Å²) in [6.45, 7) is 7.02. The predicted molar refractivity (Wildman–Crippen MR) is 94.0 cm³/mol. The molecule has 0 amide bonds. The van der Waals surface area contributed by atoms with Gasteiger partial charge in [0.05, 0.1) is 0 Å². The minimum Gasteiger partial charge on any atom is -0.314 e. The summed E-state index contributed by atoms with van der Waals surface area (Å²) in [6.07, 6.45) is 11.2. The molecular weight excluding hydrogens is 268 g/mol. The number of likely N-dealkylation sites (tertiary alicyclic amines) is 1. The molecule has 2 heteroatoms. The van der Waals surface area contributed by atoms with Crippen molar-refractivity contribution in [3.8, 4) is 0 Å². The monoisotopic (exact) mass is 298 g/mol. The first-order valence-electron chi connectivity index (χ1n) is 8.96. The highest BCUT2D eigenvalue weighted by atomic mass is 15.1. The lowest BCUT2D eigenvalue weighted by Crippen LogP contribution is -2.43. The normalized spacial score (nSPS) is 23.8. The molecule has 1 aromatic carbocycles. The van der Waals surface area contributed by atoms with Gasteiger partial charge >= 0.3 is 0 Å². The lowest BCUT2D eigenvalue weighted by Gasteiger charge is -2.33. The van der Waals surface area contributed by atoms with Gasteiger partial charge in [-0.25, -0.2) is 0 Å². The Morgan fingerprint density at radius 3 is 2.64 bits per heavy atom. The summed E-state index contributed by atoms with van der Waals surface area (Å²) in [5.74, 6) is 0.870. The molecule has 1 unspecified atom stereocenters. The van der Waals surface area contributed by atoms with Gasteiger partial charge in [-0.1, -0.05) is 36.4 Å². The van der Waals surface area contributed by atoms with E-state index in [2.05, 4.69) is 53.6 Å². The zero-order valence-electron chi connectivity index (χ0n) is 13.9. The number of nitrogens with zero attached hydrogens (tertiary/aromatic N) is 1. The molecule has 1 atom stereocenters. The van der Waals surface area contributed by atoms with Crippen LogP contribution in [0.15, 0.2) is 36.4 Å². The van der Waals surface area contributed by atoms with Crippen LogP contribution >= 0.6 is 0 Å². The van der Waals surface area contributed by atoms with E-state index in [0.29, 0.717) is 0 Å². The zero-order valence-corrected chi connectivity index (χ0v) is 13.9. The van der Waals surface area contributed by atoms with Gasteiger partial charge in [0.2, 0.25) is 0 Å². The maximum Gasteiger partial charge on any atom is 0.0236 e. The lowest BCUT2D eigenvalue weighted by molar-refractivity contribution is 0.187. The molecule has 120 valence electrons. The second-order valence-corrected chi connectivity index (χ2v) is 7.04. The van der Waals surface area contributed by atoms with Crippen molar-refractivity contribution in [2.75, 3.05) is 19.6 Å². The summed E-state index contributed by atoms with van der Waals surface area (Å²) < 4.78 is 0. The molecule has 3 rings (SSSR count). The molecule has 2 aliphatic rings. The molecule has 2 nitrogen and oxygen atoms in total. The second-order valence-electron chi connectivity index (χ2n) is 7.04. The Hall–Kier alpha value is -1.12. The second kappa shape index (κ2) is 7.94. The van der Waals surface area contributed by atoms with Crippen LogP contribution in [0.4, 0.5) is 0 Å². The van der Waals surface area contributed by atoms with Crippen LogP contribution in [-0.4, -0.2) is 30.6 Å². The van der Waals surface area contributed by atoms with E-state index in [1.54, 1.807) is 0 Å². The maximum atomic E-state index is 3.83. The van der Waals surface area contributed by atoms with Crippen molar-refractivity contribution in [1.82, 2.24) is 10.2 Å². The molecule has 1 heterocycles. The summed E-state index contributed by atoms with van der Waals surface area (Å²) in [5.41, 5.74) is 2.91. The van der Waals surface area contributed by atoms with Crippen LogP contribution in [0.25, 0.3) is 0 Å². The van der Waals surface area contributed by atoms with Crippen LogP contribution in [-0.2, 0) is 6.54 Å². The van der Waals surface area contributed by atoms with E-state index in [9.17, 15) is 0 Å². The van der Waals surface area contributed by atoms with E-state index in [4.69, 9.17) is 0 Å². The largest absolute Gasteiger partial charge is 0.314 e. The lowest BCUT2D eigenvalue weighted by atomic mass is 9.93. The van der Waals surface area contributed by atoms with Crippen molar-refractivity contribution in [2.24, 2.45) is 5.92 Å². The average Bonchev–Trinajstić information content (AvgIpc) is 2.57. The molecule has 0 saturated carbocycles. The smallest absolute Gasteiger partial charge is 0.0236 e. The van der Waals surface area contributed by atoms with E-state index < -0.39 is 0 Å². The minimum atomic E-state index is 0.735. The highest BCUT2D eigenvalue weighted by Crippen LogP contribution is 2.19. The molecule has 1 aliphatic carbocycles. The molecule has 1 N–H and O–H groups in total. The maximum absolute atomic E-state index is 3.83. The third kappa shape index (κ3) is 4.44. The standard InChI is InChI=1S/C20H30N2/c1-17-7-5-6-10-19(17)16-22-13-11-20(12-14-22)21-15-18-8-3-2-4-9-18/h2-3,5-7,10,18,20-21H,4,8-9,11-16H2,1H3. The fourth-order valence-corrected chi connectivity index (χ4v) is 3.70. The van der Waals surface area contributed by atoms with E-state index in [-0.39, 0.29) is 0 Å². The van der Waals surface area contributed by atoms with Crippen LogP contribution in [0.2, 0.25) is 0 Å². The zero-order chi connectivity index (χ0) is 15.2. The van der Waals surface area contributed by atoms with Gasteiger partial charge in [0.25, 0.3) is 0 Å². The van der Waals surface area contributed by atoms with E-state index in [1.165, 1.54) is 62.9 Å². The van der Waals surface area contributed by atoms with Gasteiger partial charge < -0.3 is 5.32 Å². The van der Waals surface area contributed by atoms with Crippen molar-refractivity contribution < 1.29 is 0 Å². The third-order valence-electron chi connectivity index (χ3n) is 5.32. The van der Waals surface area contributed by atoms with Crippen molar-refractivity contribution in [3.05, 3.63) is 47.5 Å². The van der Waals surface area contributed by atoms with Gasteiger partial charge in [0.1, 0.15) is 0 Å². The van der Waals surface area contributed by atoms with Crippen molar-refractivity contribution >= 4 is 0 Å². The van der Waals surface area contributed by atoms with Crippen LogP contribution in [0.3, 0.4) is 0 Å². The number of hydrogen-bond donors (Lipinski definition) is 1. The average molecular weight is 298 g/mol. The fourth-order valence-electron chi connectivity index (χ4n) is 3.70. The molecule has 0 aromatic heterocycles. The van der Waals surface area contributed by atoms with Crippen molar-refractivity contribution in [1.29, 1.82) is 0 Å². The van der Waals surface area contributed by atoms with Gasteiger partial charge in [0, 0.05) is 12.6 Å². The SMILES string of the molecule is Cc1ccccc1CN1CCC(NCC2CC=CCC2)CC1. The van der Waals surface area contributed by atoms with Gasteiger partial charge in [0.15, 0.2) is 0 Å². The van der Waals surface area contributed by atoms with Crippen LogP contribution in [0, 0.1) is 12.8 Å². The fraction of sp³-hybridized carbons (Fsp3) is 0.600. The number of allylic oxidation sites excluding steroid dienone is 2. The van der Waals surface area contributed by atoms with Gasteiger partial charge in [-0.15, -0.1) is 0 Å². The number of benzene rings is 1. The predicted octanol–water partition coefficient (Wildman–Crippen LogP) is 3.91. The van der Waals surface area contributed by atoms with E-state index in [1.807, 2.05) is 0 Å². The van der Waals surface area contributed by atoms with Gasteiger partial charge in [-0.2, -0.15) is 0 Å². The van der Waals surface area contributed by atoms with E-state index in [0.717, 1.165) is 18.5 Å². The summed E-state index contributed by atoms with van der Waals surface area (Å²) in [7, 11) is 0. The van der Waals surface area contributed by atoms with Crippen molar-refractivity contribution in [3.63, 3.8) is 0 Å². The van der Waals surface area contributed by atoms with Gasteiger partial charge in [-0.3, -0.25) is 4.90 Å². The number of piperidine rings is 1. The Bertz CT molecular complexity index is 486. The first-order chi connectivity index (χ1) is 10.8. The Morgan fingerprint density at radius 2 is 1.91 bits per heavy atom. The Kier molecular flexibility index (Phi) is 5.69. The highest BCUT2D eigenvalue weighted by Gasteiger charge is 2.20. The van der Waals surface area contributed by atoms with Crippen LogP contribution in [0.5, 0.6) is 0 Å². The third-order valence-corrected chi connectivity index (χ3v) is 5.32. The Labute approximate surface area is 135 Å². The molecule has 1 saturated heterocycles. The molecule has 22 heavy (non-hydrogen) atoms. The van der Waals surface area contributed by atoms with E-state index >= 15 is 0 Å². The van der Waals surface area contributed by atoms with Crippen LogP contribution < -0.4 is 5.32 Å². The number of hydrogen-bond acceptors (Lipinski definition) is 2. The molecular formula is C20H30N2. The summed E-state index contributed by atoms with van der Waals surface area (Å²) in [5, 5.41) is 3.83. The number of aryl methyl sites for hydroxylation is 1. The first-order valence-corrected chi connectivity index (χ1v) is 8.96. The molecule has 0 bridgehead atoms. The number of nitrogens with one attached hydrogen (secondary N) is 1. The summed E-state index contributed by atoms with van der Waals surface area (Å²) in [4.78, 5) is 2.61. The summed E-state index contributed by atoms with van der Waals surface area (Å²) >= 11 is 0. The quantitative estimate of drug-likeness (QED) is 0.829. The summed E-state index contributed by atoms with van der Waals surface area (Å²) in [6, 6.07) is 9.53. The highest BCUT2D eigenvalue weighted by molar-refractivity contribution is 5.25. The van der Waals surface area contributed by atoms with Gasteiger partial charge in [-0.05, 0) is 75.7 Å². The minimum absolute atomic E-state index is 0.735. The topological polar surface area (TPSA) is 15.3 Å². The Balaban J connectivity index is 1.39. The molecule has 1 aliphatic heterocycles. The van der Waals surface area contributed by atoms with Crippen LogP contribution in [0.1, 0.15) is 43.2 Å². The molecule has 1 aromatic rings. The first kappa shape index (κ1) is 15.8. The Morgan fingerprint density at radius 1 is 1.09 bits per heavy atom. The van der Waals surface area contributed by atoms with Crippen molar-refractivity contribution in [2.45, 2.75) is 51.6 Å². The number of rotatable bonds is 5.